The van der Waals surface area contributed by atoms with Crippen LogP contribution < -0.4 is 10.2 Å². The van der Waals surface area contributed by atoms with E-state index in [1.807, 2.05) is 12.1 Å². The number of aldehydes is 1. The zero-order valence-corrected chi connectivity index (χ0v) is 13.9. The average Bonchev–Trinajstić information content (AvgIpc) is 2.67. The van der Waals surface area contributed by atoms with Crippen molar-refractivity contribution in [3.05, 3.63) is 70.4 Å². The molecule has 0 spiro atoms. The van der Waals surface area contributed by atoms with Gasteiger partial charge in [0.1, 0.15) is 28.1 Å². The van der Waals surface area contributed by atoms with Crippen LogP contribution in [0.25, 0.3) is 33.1 Å². The second-order valence-electron chi connectivity index (χ2n) is 5.87. The van der Waals surface area contributed by atoms with E-state index < -0.39 is 0 Å². The highest BCUT2D eigenvalue weighted by molar-refractivity contribution is 5.96. The van der Waals surface area contributed by atoms with E-state index in [1.54, 1.807) is 36.4 Å². The number of methoxy groups -OCH3 is 1. The van der Waals surface area contributed by atoms with E-state index in [4.69, 9.17) is 9.15 Å². The Morgan fingerprint density at radius 2 is 1.85 bits per heavy atom. The lowest BCUT2D eigenvalue weighted by Gasteiger charge is -2.08. The average molecular weight is 346 g/mol. The minimum atomic E-state index is -0.341. The van der Waals surface area contributed by atoms with Gasteiger partial charge in [-0.15, -0.1) is 0 Å². The molecule has 26 heavy (non-hydrogen) atoms. The molecule has 5 heteroatoms. The molecule has 3 aromatic carbocycles. The van der Waals surface area contributed by atoms with Crippen molar-refractivity contribution >= 4 is 28.2 Å². The first-order valence-electron chi connectivity index (χ1n) is 7.94. The summed E-state index contributed by atoms with van der Waals surface area (Å²) in [6, 6.07) is 15.2. The number of hydrogen-bond donors (Lipinski definition) is 1. The molecule has 1 aromatic heterocycles. The van der Waals surface area contributed by atoms with Gasteiger partial charge in [-0.25, -0.2) is 0 Å². The maximum Gasteiger partial charge on any atom is 0.204 e. The van der Waals surface area contributed by atoms with Crippen molar-refractivity contribution < 1.29 is 19.1 Å². The first-order valence-corrected chi connectivity index (χ1v) is 7.94. The van der Waals surface area contributed by atoms with Crippen molar-refractivity contribution in [2.75, 3.05) is 7.11 Å². The summed E-state index contributed by atoms with van der Waals surface area (Å²) in [7, 11) is 1.47. The lowest BCUT2D eigenvalue weighted by molar-refractivity contribution is 0.112. The largest absolute Gasteiger partial charge is 0.507 e. The van der Waals surface area contributed by atoms with Crippen molar-refractivity contribution in [2.24, 2.45) is 0 Å². The second kappa shape index (κ2) is 6.04. The van der Waals surface area contributed by atoms with Gasteiger partial charge in [-0.1, -0.05) is 30.3 Å². The van der Waals surface area contributed by atoms with Crippen LogP contribution in [-0.2, 0) is 0 Å². The molecule has 4 aromatic rings. The van der Waals surface area contributed by atoms with Crippen molar-refractivity contribution in [2.45, 2.75) is 0 Å². The van der Waals surface area contributed by atoms with Gasteiger partial charge in [-0.05, 0) is 23.3 Å². The predicted molar refractivity (Wildman–Crippen MR) is 99.0 cm³/mol. The van der Waals surface area contributed by atoms with Crippen LogP contribution in [0.15, 0.2) is 63.8 Å². The highest BCUT2D eigenvalue weighted by Crippen LogP contribution is 2.32. The number of carbonyl (C=O) groups is 1. The van der Waals surface area contributed by atoms with Gasteiger partial charge >= 0.3 is 0 Å². The molecule has 0 saturated heterocycles. The third kappa shape index (κ3) is 2.41. The van der Waals surface area contributed by atoms with Crippen LogP contribution in [0.4, 0.5) is 0 Å². The third-order valence-corrected chi connectivity index (χ3v) is 4.36. The number of phenolic OH excluding ortho intramolecular Hbond substituents is 1. The van der Waals surface area contributed by atoms with Gasteiger partial charge in [0, 0.05) is 17.7 Å². The smallest absolute Gasteiger partial charge is 0.204 e. The molecular formula is C21H14O5. The third-order valence-electron chi connectivity index (χ3n) is 4.36. The van der Waals surface area contributed by atoms with E-state index in [1.165, 1.54) is 13.2 Å². The van der Waals surface area contributed by atoms with Gasteiger partial charge < -0.3 is 14.3 Å². The summed E-state index contributed by atoms with van der Waals surface area (Å²) in [4.78, 5) is 24.2. The summed E-state index contributed by atoms with van der Waals surface area (Å²) >= 11 is 0. The van der Waals surface area contributed by atoms with E-state index in [0.29, 0.717) is 22.3 Å². The molecule has 0 unspecified atom stereocenters. The monoisotopic (exact) mass is 346 g/mol. The number of aromatic hydroxyl groups is 1. The van der Waals surface area contributed by atoms with Crippen LogP contribution in [0.1, 0.15) is 10.4 Å². The Bertz CT molecular complexity index is 1220. The maximum atomic E-state index is 12.9. The summed E-state index contributed by atoms with van der Waals surface area (Å²) < 4.78 is 10.9. The highest BCUT2D eigenvalue weighted by Gasteiger charge is 2.14. The zero-order valence-electron chi connectivity index (χ0n) is 13.9. The van der Waals surface area contributed by atoms with E-state index in [2.05, 4.69) is 0 Å². The van der Waals surface area contributed by atoms with Gasteiger partial charge in [0.25, 0.3) is 0 Å². The van der Waals surface area contributed by atoms with Crippen molar-refractivity contribution in [1.82, 2.24) is 0 Å². The summed E-state index contributed by atoms with van der Waals surface area (Å²) in [5, 5.41) is 10.6. The molecule has 0 bridgehead atoms. The Hall–Kier alpha value is -3.60. The van der Waals surface area contributed by atoms with E-state index >= 15 is 0 Å². The molecule has 1 N–H and O–H groups in total. The predicted octanol–water partition coefficient (Wildman–Crippen LogP) is 4.14. The van der Waals surface area contributed by atoms with Gasteiger partial charge in [-0.3, -0.25) is 9.59 Å². The topological polar surface area (TPSA) is 76.7 Å². The molecule has 0 atom stereocenters. The molecule has 4 rings (SSSR count). The minimum absolute atomic E-state index is 0.0964. The van der Waals surface area contributed by atoms with Crippen LogP contribution in [0, 0.1) is 0 Å². The summed E-state index contributed by atoms with van der Waals surface area (Å²) in [5.74, 6) is 0.197. The number of rotatable bonds is 3. The molecular weight excluding hydrogens is 332 g/mol. The fourth-order valence-electron chi connectivity index (χ4n) is 3.08. The summed E-state index contributed by atoms with van der Waals surface area (Å²) in [6.45, 7) is 0. The first kappa shape index (κ1) is 15.9. The van der Waals surface area contributed by atoms with Crippen LogP contribution in [-0.4, -0.2) is 18.5 Å². The van der Waals surface area contributed by atoms with Gasteiger partial charge in [0.15, 0.2) is 6.29 Å². The van der Waals surface area contributed by atoms with Crippen molar-refractivity contribution in [1.29, 1.82) is 0 Å². The number of phenols is 1. The Kier molecular flexibility index (Phi) is 3.69. The van der Waals surface area contributed by atoms with Crippen LogP contribution >= 0.6 is 0 Å². The Morgan fingerprint density at radius 1 is 1.04 bits per heavy atom. The molecule has 0 fully saturated rings. The lowest BCUT2D eigenvalue weighted by atomic mass is 9.98. The second-order valence-corrected chi connectivity index (χ2v) is 5.87. The van der Waals surface area contributed by atoms with Crippen molar-refractivity contribution in [3.63, 3.8) is 0 Å². The fraction of sp³-hybridized carbons (Fsp3) is 0.0476. The van der Waals surface area contributed by atoms with E-state index in [9.17, 15) is 14.7 Å². The summed E-state index contributed by atoms with van der Waals surface area (Å²) in [6.07, 6.45) is 0.778. The molecule has 0 saturated carbocycles. The normalized spacial score (nSPS) is 11.0. The van der Waals surface area contributed by atoms with Gasteiger partial charge in [0.05, 0.1) is 12.5 Å². The quantitative estimate of drug-likeness (QED) is 0.446. The van der Waals surface area contributed by atoms with Gasteiger partial charge in [-0.2, -0.15) is 0 Å². The number of hydrogen-bond acceptors (Lipinski definition) is 5. The molecule has 1 heterocycles. The van der Waals surface area contributed by atoms with Crippen LogP contribution in [0.2, 0.25) is 0 Å². The maximum absolute atomic E-state index is 12.9. The molecule has 0 radical (unpaired) electrons. The standard InChI is InChI=1S/C21H14O5/c1-25-14-9-17(23)20-19(10-14)26-18-7-6-12(8-16(18)21(20)24)15-5-3-2-4-13(15)11-22/h2-11,23H,1H3. The Labute approximate surface area is 148 Å². The molecule has 5 nitrogen and oxygen atoms in total. The SMILES string of the molecule is COc1cc(O)c2c(=O)c3cc(-c4ccccc4C=O)ccc3oc2c1. The van der Waals surface area contributed by atoms with Crippen molar-refractivity contribution in [3.8, 4) is 22.6 Å². The lowest BCUT2D eigenvalue weighted by Crippen LogP contribution is -2.03. The van der Waals surface area contributed by atoms with Gasteiger partial charge in [0.2, 0.25) is 5.43 Å². The fourth-order valence-corrected chi connectivity index (χ4v) is 3.08. The number of carbonyl (C=O) groups excluding carboxylic acids is 1. The highest BCUT2D eigenvalue weighted by atomic mass is 16.5. The number of ether oxygens (including phenoxy) is 1. The minimum Gasteiger partial charge on any atom is -0.507 e. The summed E-state index contributed by atoms with van der Waals surface area (Å²) in [5.41, 5.74) is 2.28. The van der Waals surface area contributed by atoms with E-state index in [0.717, 1.165) is 17.4 Å². The zero-order chi connectivity index (χ0) is 18.3. The number of benzene rings is 3. The van der Waals surface area contributed by atoms with E-state index in [-0.39, 0.29) is 22.1 Å². The molecule has 0 aliphatic heterocycles. The molecule has 0 aliphatic rings. The number of fused-ring (bicyclic) bond motifs is 2. The molecule has 0 amide bonds. The van der Waals surface area contributed by atoms with Crippen LogP contribution in [0.5, 0.6) is 11.5 Å². The molecule has 0 aliphatic carbocycles. The molecule has 128 valence electrons. The first-order chi connectivity index (χ1) is 12.6. The Morgan fingerprint density at radius 3 is 2.62 bits per heavy atom. The van der Waals surface area contributed by atoms with Crippen LogP contribution in [0.3, 0.4) is 0 Å². The Balaban J connectivity index is 2.04.